The van der Waals surface area contributed by atoms with Crippen LogP contribution in [0.15, 0.2) is 241 Å². The van der Waals surface area contributed by atoms with Gasteiger partial charge in [-0.25, -0.2) is 0 Å². The Morgan fingerprint density at radius 3 is 1.58 bits per heavy atom. The first-order chi connectivity index (χ1) is 29.7. The van der Waals surface area contributed by atoms with Crippen LogP contribution in [0.2, 0.25) is 0 Å². The van der Waals surface area contributed by atoms with E-state index in [4.69, 9.17) is 4.42 Å². The first-order valence-corrected chi connectivity index (χ1v) is 20.5. The van der Waals surface area contributed by atoms with Gasteiger partial charge in [-0.2, -0.15) is 0 Å². The number of hydrogen-bond acceptors (Lipinski definition) is 2. The highest BCUT2D eigenvalue weighted by Crippen LogP contribution is 2.49. The maximum Gasteiger partial charge on any atom is 0.145 e. The van der Waals surface area contributed by atoms with Gasteiger partial charge in [0.1, 0.15) is 11.2 Å². The molecule has 11 rings (SSSR count). The van der Waals surface area contributed by atoms with Crippen molar-refractivity contribution in [1.82, 2.24) is 0 Å². The second-order valence-corrected chi connectivity index (χ2v) is 15.3. The minimum Gasteiger partial charge on any atom is -0.455 e. The van der Waals surface area contributed by atoms with Gasteiger partial charge in [0.05, 0.1) is 16.8 Å². The smallest absolute Gasteiger partial charge is 0.145 e. The molecule has 0 saturated carbocycles. The first-order valence-electron chi connectivity index (χ1n) is 20.5. The van der Waals surface area contributed by atoms with Crippen LogP contribution in [0, 0.1) is 0 Å². The Morgan fingerprint density at radius 2 is 0.833 bits per heavy atom. The van der Waals surface area contributed by atoms with Gasteiger partial charge in [0, 0.05) is 22.2 Å². The molecule has 11 aromatic rings. The van der Waals surface area contributed by atoms with E-state index < -0.39 is 0 Å². The molecule has 0 atom stereocenters. The number of nitrogens with zero attached hydrogens (tertiary/aromatic N) is 1. The van der Waals surface area contributed by atoms with Crippen molar-refractivity contribution in [3.63, 3.8) is 0 Å². The molecule has 2 nitrogen and oxygen atoms in total. The third kappa shape index (κ3) is 6.41. The van der Waals surface area contributed by atoms with E-state index in [0.717, 1.165) is 77.9 Å². The molecule has 1 aromatic heterocycles. The second-order valence-electron chi connectivity index (χ2n) is 15.3. The van der Waals surface area contributed by atoms with Crippen LogP contribution in [-0.2, 0) is 0 Å². The normalized spacial score (nSPS) is 11.3. The molecule has 0 saturated heterocycles. The summed E-state index contributed by atoms with van der Waals surface area (Å²) in [7, 11) is 0. The summed E-state index contributed by atoms with van der Waals surface area (Å²) < 4.78 is 6.92. The first kappa shape index (κ1) is 35.2. The molecular formula is C58H39NO. The topological polar surface area (TPSA) is 16.4 Å². The average molecular weight is 766 g/mol. The molecule has 2 heteroatoms. The van der Waals surface area contributed by atoms with E-state index in [1.54, 1.807) is 0 Å². The van der Waals surface area contributed by atoms with Crippen LogP contribution in [0.4, 0.5) is 17.1 Å². The molecule has 60 heavy (non-hydrogen) atoms. The third-order valence-corrected chi connectivity index (χ3v) is 11.7. The van der Waals surface area contributed by atoms with Gasteiger partial charge in [0.15, 0.2) is 0 Å². The Hall–Kier alpha value is -7.94. The Balaban J connectivity index is 1.16. The van der Waals surface area contributed by atoms with Gasteiger partial charge < -0.3 is 9.32 Å². The van der Waals surface area contributed by atoms with Crippen molar-refractivity contribution in [3.8, 4) is 55.6 Å². The van der Waals surface area contributed by atoms with Crippen LogP contribution in [0.25, 0.3) is 88.3 Å². The summed E-state index contributed by atoms with van der Waals surface area (Å²) >= 11 is 0. The van der Waals surface area contributed by atoms with Crippen LogP contribution in [0.1, 0.15) is 0 Å². The largest absolute Gasteiger partial charge is 0.455 e. The number of fused-ring (bicyclic) bond motifs is 4. The second kappa shape index (κ2) is 15.1. The number of para-hydroxylation sites is 1. The lowest BCUT2D eigenvalue weighted by molar-refractivity contribution is 0.670. The van der Waals surface area contributed by atoms with Crippen LogP contribution in [0.3, 0.4) is 0 Å². The summed E-state index contributed by atoms with van der Waals surface area (Å²) in [5.41, 5.74) is 16.4. The maximum atomic E-state index is 6.92. The van der Waals surface area contributed by atoms with Crippen LogP contribution >= 0.6 is 0 Å². The van der Waals surface area contributed by atoms with E-state index in [2.05, 4.69) is 241 Å². The molecule has 0 radical (unpaired) electrons. The number of rotatable bonds is 8. The summed E-state index contributed by atoms with van der Waals surface area (Å²) in [6, 6.07) is 84.9. The molecule has 0 fully saturated rings. The van der Waals surface area contributed by atoms with Gasteiger partial charge in [-0.3, -0.25) is 0 Å². The highest BCUT2D eigenvalue weighted by Gasteiger charge is 2.25. The van der Waals surface area contributed by atoms with E-state index in [1.807, 2.05) is 0 Å². The fraction of sp³-hybridized carbons (Fsp3) is 0. The Bertz CT molecular complexity index is 3290. The zero-order valence-corrected chi connectivity index (χ0v) is 32.9. The average Bonchev–Trinajstić information content (AvgIpc) is 3.73. The number of anilines is 3. The monoisotopic (exact) mass is 765 g/mol. The lowest BCUT2D eigenvalue weighted by Gasteiger charge is -2.29. The number of hydrogen-bond donors (Lipinski definition) is 0. The summed E-state index contributed by atoms with van der Waals surface area (Å²) in [5.74, 6) is 0. The molecule has 0 unspecified atom stereocenters. The van der Waals surface area contributed by atoms with Crippen molar-refractivity contribution in [2.75, 3.05) is 4.90 Å². The number of furan rings is 1. The SMILES string of the molecule is c1ccc(-c2ccc(-c3cccc(N(c4ccc(-c5ccccc5)cc4-c4ccccc4)c4ccc(-c5ccc6ccccc6c5)c5oc6ccccc6c45)c3)cc2)cc1. The summed E-state index contributed by atoms with van der Waals surface area (Å²) in [6.07, 6.45) is 0. The van der Waals surface area contributed by atoms with Gasteiger partial charge >= 0.3 is 0 Å². The van der Waals surface area contributed by atoms with Gasteiger partial charge in [0.25, 0.3) is 0 Å². The third-order valence-electron chi connectivity index (χ3n) is 11.7. The molecule has 0 aliphatic rings. The van der Waals surface area contributed by atoms with Crippen molar-refractivity contribution in [3.05, 3.63) is 237 Å². The van der Waals surface area contributed by atoms with Crippen molar-refractivity contribution >= 4 is 49.8 Å². The number of benzene rings is 10. The van der Waals surface area contributed by atoms with E-state index in [9.17, 15) is 0 Å². The van der Waals surface area contributed by atoms with Gasteiger partial charge in [-0.05, 0) is 104 Å². The predicted octanol–water partition coefficient (Wildman–Crippen LogP) is 16.5. The fourth-order valence-electron chi connectivity index (χ4n) is 8.69. The van der Waals surface area contributed by atoms with Crippen molar-refractivity contribution < 1.29 is 4.42 Å². The maximum absolute atomic E-state index is 6.92. The Labute approximate surface area is 349 Å². The summed E-state index contributed by atoms with van der Waals surface area (Å²) in [6.45, 7) is 0. The Kier molecular flexibility index (Phi) is 8.87. The minimum absolute atomic E-state index is 0.858. The predicted molar refractivity (Wildman–Crippen MR) is 253 cm³/mol. The van der Waals surface area contributed by atoms with Crippen molar-refractivity contribution in [1.29, 1.82) is 0 Å². The van der Waals surface area contributed by atoms with E-state index in [-0.39, 0.29) is 0 Å². The molecule has 0 spiro atoms. The minimum atomic E-state index is 0.858. The van der Waals surface area contributed by atoms with Crippen LogP contribution in [-0.4, -0.2) is 0 Å². The van der Waals surface area contributed by atoms with Crippen molar-refractivity contribution in [2.24, 2.45) is 0 Å². The lowest BCUT2D eigenvalue weighted by Crippen LogP contribution is -2.12. The molecule has 10 aromatic carbocycles. The van der Waals surface area contributed by atoms with Gasteiger partial charge in [-0.1, -0.05) is 188 Å². The molecule has 0 amide bonds. The van der Waals surface area contributed by atoms with Crippen molar-refractivity contribution in [2.45, 2.75) is 0 Å². The van der Waals surface area contributed by atoms with Gasteiger partial charge in [-0.15, -0.1) is 0 Å². The molecule has 0 aliphatic heterocycles. The standard InChI is InChI=1S/C58H39NO/c1-4-15-40(16-5-1)43-27-29-44(30-28-43)47-23-14-24-50(38-47)59(54-35-33-48(41-17-6-2-7-18-41)39-53(54)45-20-8-3-9-21-45)55-36-34-51(49-32-31-42-19-10-11-22-46(42)37-49)58-57(55)52-25-12-13-26-56(52)60-58/h1-39H. The molecule has 282 valence electrons. The fourth-order valence-corrected chi connectivity index (χ4v) is 8.69. The van der Waals surface area contributed by atoms with Gasteiger partial charge in [0.2, 0.25) is 0 Å². The van der Waals surface area contributed by atoms with E-state index in [0.29, 0.717) is 0 Å². The summed E-state index contributed by atoms with van der Waals surface area (Å²) in [5, 5.41) is 4.56. The van der Waals surface area contributed by atoms with E-state index >= 15 is 0 Å². The Morgan fingerprint density at radius 1 is 0.300 bits per heavy atom. The highest BCUT2D eigenvalue weighted by atomic mass is 16.3. The molecular weight excluding hydrogens is 727 g/mol. The lowest BCUT2D eigenvalue weighted by atomic mass is 9.94. The molecule has 0 bridgehead atoms. The quantitative estimate of drug-likeness (QED) is 0.153. The van der Waals surface area contributed by atoms with Crippen LogP contribution < -0.4 is 4.90 Å². The summed E-state index contributed by atoms with van der Waals surface area (Å²) in [4.78, 5) is 2.44. The highest BCUT2D eigenvalue weighted by molar-refractivity contribution is 6.17. The van der Waals surface area contributed by atoms with Crippen LogP contribution in [0.5, 0.6) is 0 Å². The molecule has 1 heterocycles. The van der Waals surface area contributed by atoms with E-state index in [1.165, 1.54) is 27.5 Å². The zero-order valence-electron chi connectivity index (χ0n) is 32.9. The molecule has 0 aliphatic carbocycles. The zero-order chi connectivity index (χ0) is 39.8. The molecule has 0 N–H and O–H groups in total.